The zero-order valence-corrected chi connectivity index (χ0v) is 18.0. The molecule has 0 spiro atoms. The van der Waals surface area contributed by atoms with Crippen molar-refractivity contribution in [1.82, 2.24) is 0 Å². The average molecular weight is 412 g/mol. The Bertz CT molecular complexity index is 932. The summed E-state index contributed by atoms with van der Waals surface area (Å²) in [6.07, 6.45) is -0.634. The Hall–Kier alpha value is -3.09. The van der Waals surface area contributed by atoms with Crippen molar-refractivity contribution >= 4 is 17.3 Å². The molecule has 2 aromatic rings. The molecule has 1 unspecified atom stereocenters. The fraction of sp³-hybridized carbons (Fsp3) is 0.435. The van der Waals surface area contributed by atoms with Crippen LogP contribution in [0.5, 0.6) is 11.5 Å². The molecule has 0 radical (unpaired) electrons. The number of hydrogen-bond donors (Lipinski definition) is 0. The fourth-order valence-corrected chi connectivity index (χ4v) is 3.35. The van der Waals surface area contributed by atoms with Crippen LogP contribution in [0.25, 0.3) is 0 Å². The first-order valence-electron chi connectivity index (χ1n) is 10.1. The van der Waals surface area contributed by atoms with E-state index < -0.39 is 11.0 Å². The molecule has 160 valence electrons. The summed E-state index contributed by atoms with van der Waals surface area (Å²) in [6, 6.07) is 12.2. The Morgan fingerprint density at radius 3 is 2.40 bits per heavy atom. The summed E-state index contributed by atoms with van der Waals surface area (Å²) in [7, 11) is 0. The van der Waals surface area contributed by atoms with Gasteiger partial charge in [0.1, 0.15) is 18.1 Å². The number of amides is 1. The molecule has 0 aliphatic carbocycles. The molecule has 0 saturated heterocycles. The van der Waals surface area contributed by atoms with E-state index in [1.807, 2.05) is 38.1 Å². The van der Waals surface area contributed by atoms with E-state index in [9.17, 15) is 14.9 Å². The lowest BCUT2D eigenvalue weighted by atomic mass is 9.87. The van der Waals surface area contributed by atoms with Gasteiger partial charge in [0.05, 0.1) is 17.2 Å². The van der Waals surface area contributed by atoms with E-state index in [0.29, 0.717) is 17.2 Å². The predicted octanol–water partition coefficient (Wildman–Crippen LogP) is 4.72. The second kappa shape index (κ2) is 8.34. The van der Waals surface area contributed by atoms with Crippen LogP contribution in [0.1, 0.15) is 40.2 Å². The third kappa shape index (κ3) is 4.56. The molecule has 0 aromatic heterocycles. The summed E-state index contributed by atoms with van der Waals surface area (Å²) in [5.41, 5.74) is 1.58. The van der Waals surface area contributed by atoms with Crippen LogP contribution in [-0.4, -0.2) is 30.1 Å². The van der Waals surface area contributed by atoms with Gasteiger partial charge >= 0.3 is 0 Å². The molecule has 0 N–H and O–H groups in total. The molecule has 0 fully saturated rings. The molecule has 3 rings (SSSR count). The highest BCUT2D eigenvalue weighted by atomic mass is 16.6. The van der Waals surface area contributed by atoms with Crippen LogP contribution in [-0.2, 0) is 10.2 Å². The minimum Gasteiger partial charge on any atom is -0.492 e. The molecule has 0 bridgehead atoms. The smallest absolute Gasteiger partial charge is 0.271 e. The Kier molecular flexibility index (Phi) is 6.01. The number of fused-ring (bicyclic) bond motifs is 1. The van der Waals surface area contributed by atoms with Gasteiger partial charge in [0.2, 0.25) is 0 Å². The second-order valence-corrected chi connectivity index (χ2v) is 8.80. The van der Waals surface area contributed by atoms with Gasteiger partial charge in [-0.25, -0.2) is 0 Å². The lowest BCUT2D eigenvalue weighted by Crippen LogP contribution is -2.49. The monoisotopic (exact) mass is 412 g/mol. The minimum absolute atomic E-state index is 0.0331. The lowest BCUT2D eigenvalue weighted by molar-refractivity contribution is -0.384. The van der Waals surface area contributed by atoms with Crippen molar-refractivity contribution in [3.63, 3.8) is 0 Å². The molecule has 30 heavy (non-hydrogen) atoms. The van der Waals surface area contributed by atoms with Crippen molar-refractivity contribution in [2.45, 2.75) is 46.1 Å². The summed E-state index contributed by atoms with van der Waals surface area (Å²) >= 11 is 0. The summed E-state index contributed by atoms with van der Waals surface area (Å²) in [5, 5.41) is 11.2. The zero-order valence-electron chi connectivity index (χ0n) is 18.0. The van der Waals surface area contributed by atoms with Crippen molar-refractivity contribution in [3.8, 4) is 11.5 Å². The Morgan fingerprint density at radius 1 is 1.17 bits per heavy atom. The third-order valence-electron chi connectivity index (χ3n) is 5.12. The summed E-state index contributed by atoms with van der Waals surface area (Å²) in [4.78, 5) is 25.2. The van der Waals surface area contributed by atoms with Crippen LogP contribution in [0.4, 0.5) is 11.4 Å². The molecule has 7 heteroatoms. The molecule has 1 aliphatic rings. The zero-order chi connectivity index (χ0) is 22.1. The van der Waals surface area contributed by atoms with Gasteiger partial charge in [-0.2, -0.15) is 0 Å². The topological polar surface area (TPSA) is 81.9 Å². The maximum atomic E-state index is 13.0. The van der Waals surface area contributed by atoms with Crippen LogP contribution in [0.15, 0.2) is 42.5 Å². The van der Waals surface area contributed by atoms with E-state index in [1.165, 1.54) is 22.6 Å². The van der Waals surface area contributed by atoms with Gasteiger partial charge in [0.15, 0.2) is 6.10 Å². The summed E-state index contributed by atoms with van der Waals surface area (Å²) in [5.74, 6) is 0.927. The molecule has 0 saturated carbocycles. The molecule has 1 aliphatic heterocycles. The van der Waals surface area contributed by atoms with Crippen LogP contribution in [0, 0.1) is 16.0 Å². The number of nitro benzene ring substituents is 1. The minimum atomic E-state index is -0.634. The Balaban J connectivity index is 1.77. The number of ether oxygens (including phenoxy) is 2. The van der Waals surface area contributed by atoms with Gasteiger partial charge in [0.25, 0.3) is 11.6 Å². The quantitative estimate of drug-likeness (QED) is 0.506. The number of carbonyl (C=O) groups excluding carboxylic acids is 1. The number of carbonyl (C=O) groups is 1. The van der Waals surface area contributed by atoms with Crippen molar-refractivity contribution in [2.75, 3.05) is 18.1 Å². The highest BCUT2D eigenvalue weighted by Crippen LogP contribution is 2.38. The first-order chi connectivity index (χ1) is 14.1. The third-order valence-corrected chi connectivity index (χ3v) is 5.12. The van der Waals surface area contributed by atoms with Gasteiger partial charge in [-0.1, -0.05) is 46.8 Å². The van der Waals surface area contributed by atoms with Crippen molar-refractivity contribution in [2.24, 2.45) is 5.92 Å². The molecular weight excluding hydrogens is 384 g/mol. The number of anilines is 1. The normalized spacial score (nSPS) is 16.3. The number of hydrogen-bond acceptors (Lipinski definition) is 5. The molecule has 2 aromatic carbocycles. The summed E-state index contributed by atoms with van der Waals surface area (Å²) < 4.78 is 11.7. The maximum absolute atomic E-state index is 13.0. The van der Waals surface area contributed by atoms with Crippen LogP contribution >= 0.6 is 0 Å². The molecular formula is C23H28N2O5. The predicted molar refractivity (Wildman–Crippen MR) is 115 cm³/mol. The number of benzene rings is 2. The Labute approximate surface area is 176 Å². The first kappa shape index (κ1) is 21.6. The lowest BCUT2D eigenvalue weighted by Gasteiger charge is -2.35. The van der Waals surface area contributed by atoms with E-state index in [2.05, 4.69) is 20.8 Å². The highest BCUT2D eigenvalue weighted by molar-refractivity contribution is 6.00. The van der Waals surface area contributed by atoms with Crippen molar-refractivity contribution in [3.05, 3.63) is 58.1 Å². The van der Waals surface area contributed by atoms with Crippen LogP contribution in [0.3, 0.4) is 0 Å². The van der Waals surface area contributed by atoms with Gasteiger partial charge in [-0.05, 0) is 35.1 Å². The molecule has 1 amide bonds. The van der Waals surface area contributed by atoms with Gasteiger partial charge in [0, 0.05) is 12.1 Å². The van der Waals surface area contributed by atoms with E-state index in [-0.39, 0.29) is 36.1 Å². The number of nitro groups is 1. The Morgan fingerprint density at radius 2 is 1.83 bits per heavy atom. The first-order valence-corrected chi connectivity index (χ1v) is 10.1. The van der Waals surface area contributed by atoms with Crippen molar-refractivity contribution < 1.29 is 19.2 Å². The maximum Gasteiger partial charge on any atom is 0.271 e. The molecule has 1 atom stereocenters. The molecule has 1 heterocycles. The van der Waals surface area contributed by atoms with E-state index in [1.54, 1.807) is 6.07 Å². The largest absolute Gasteiger partial charge is 0.492 e. The van der Waals surface area contributed by atoms with Gasteiger partial charge in [-0.3, -0.25) is 14.9 Å². The van der Waals surface area contributed by atoms with Gasteiger partial charge < -0.3 is 14.4 Å². The average Bonchev–Trinajstić information content (AvgIpc) is 2.68. The van der Waals surface area contributed by atoms with E-state index in [0.717, 1.165) is 0 Å². The van der Waals surface area contributed by atoms with Crippen LogP contribution in [0.2, 0.25) is 0 Å². The van der Waals surface area contributed by atoms with Gasteiger partial charge in [-0.15, -0.1) is 0 Å². The number of non-ortho nitro benzene ring substituents is 1. The SMILES string of the molecule is CC(C)C1Oc2ccc([N+](=O)[O-])cc2N(CCOc2ccc(C(C)(C)C)cc2)C1=O. The second-order valence-electron chi connectivity index (χ2n) is 8.80. The number of nitrogens with zero attached hydrogens (tertiary/aromatic N) is 2. The van der Waals surface area contributed by atoms with Crippen molar-refractivity contribution in [1.29, 1.82) is 0 Å². The van der Waals surface area contributed by atoms with E-state index in [4.69, 9.17) is 9.47 Å². The standard InChI is InChI=1S/C23H28N2O5/c1-15(2)21-22(26)24(19-14-17(25(27)28)8-11-20(19)30-21)12-13-29-18-9-6-16(7-10-18)23(3,4)5/h6-11,14-15,21H,12-13H2,1-5H3. The summed E-state index contributed by atoms with van der Waals surface area (Å²) in [6.45, 7) is 10.8. The van der Waals surface area contributed by atoms with E-state index >= 15 is 0 Å². The number of rotatable bonds is 6. The molecule has 7 nitrogen and oxygen atoms in total. The fourth-order valence-electron chi connectivity index (χ4n) is 3.35. The highest BCUT2D eigenvalue weighted by Gasteiger charge is 2.37. The van der Waals surface area contributed by atoms with Crippen LogP contribution < -0.4 is 14.4 Å².